The third-order valence-electron chi connectivity index (χ3n) is 9.68. The van der Waals surface area contributed by atoms with Gasteiger partial charge < -0.3 is 30.4 Å². The number of rotatable bonds is 4. The molecule has 0 unspecified atom stereocenters. The summed E-state index contributed by atoms with van der Waals surface area (Å²) in [7, 11) is 8.10. The average molecular weight is 981 g/mol. The summed E-state index contributed by atoms with van der Waals surface area (Å²) < 4.78 is 8.14. The Morgan fingerprint density at radius 3 is 0.681 bits per heavy atom. The van der Waals surface area contributed by atoms with Crippen molar-refractivity contribution >= 4 is 70.2 Å². The van der Waals surface area contributed by atoms with Crippen LogP contribution in [0.5, 0.6) is 0 Å². The summed E-state index contributed by atoms with van der Waals surface area (Å²) in [5.41, 5.74) is 14.7. The van der Waals surface area contributed by atoms with Crippen molar-refractivity contribution in [2.24, 2.45) is 28.2 Å². The van der Waals surface area contributed by atoms with Crippen molar-refractivity contribution in [3.8, 4) is 44.5 Å². The van der Waals surface area contributed by atoms with Crippen LogP contribution in [0.2, 0.25) is 0 Å². The molecule has 4 N–H and O–H groups in total. The summed E-state index contributed by atoms with van der Waals surface area (Å²) in [6.07, 6.45) is 24.9. The molecule has 0 spiro atoms. The molecular formula is C52H52CuN8O8+4. The van der Waals surface area contributed by atoms with E-state index in [-0.39, 0.29) is 17.1 Å². The molecule has 17 heteroatoms. The van der Waals surface area contributed by atoms with E-state index in [9.17, 15) is 0 Å². The number of hydrogen-bond acceptors (Lipinski definition) is 6. The number of carbonyl (C=O) groups is 4. The van der Waals surface area contributed by atoms with Gasteiger partial charge in [-0.2, -0.15) is 0 Å². The van der Waals surface area contributed by atoms with Crippen LogP contribution in [0.15, 0.2) is 122 Å². The smallest absolute Gasteiger partial charge is 0.657 e. The largest absolute Gasteiger partial charge is 2.00 e. The first-order chi connectivity index (χ1) is 32.3. The van der Waals surface area contributed by atoms with Crippen LogP contribution in [0.25, 0.3) is 90.9 Å². The second kappa shape index (κ2) is 24.4. The van der Waals surface area contributed by atoms with Gasteiger partial charge >= 0.3 is 17.1 Å². The molecule has 0 atom stereocenters. The maximum Gasteiger partial charge on any atom is 2.00 e. The van der Waals surface area contributed by atoms with Gasteiger partial charge in [-0.1, -0.05) is 24.3 Å². The van der Waals surface area contributed by atoms with Gasteiger partial charge in [-0.05, 0) is 68.8 Å². The number of pyridine rings is 4. The van der Waals surface area contributed by atoms with Crippen LogP contribution in [0.4, 0.5) is 0 Å². The standard InChI is InChI=1S/C44H36N8.4C2H4O2.Cu/c1-49-21-13-29(14-22-49)41-33-5-7-35(45-33)42(30-15-23-50(2)24-16-30)37-9-11-39(47-37)44(32-19-27-52(4)28-20-32)40-12-10-38(48-40)43(36-8-6-34(41)46-36)31-17-25-51(3)26-18-31;4*1-2(3)4;/h5-28H,1-4H3;4*1H3,(H,3,4);/q+2;;;;;+2. The molecule has 69 heavy (non-hydrogen) atoms. The zero-order valence-corrected chi connectivity index (χ0v) is 40.1. The molecule has 0 amide bonds. The van der Waals surface area contributed by atoms with E-state index in [1.807, 2.05) is 46.5 Å². The molecule has 355 valence electrons. The van der Waals surface area contributed by atoms with E-state index in [0.717, 1.165) is 117 Å². The number of aliphatic carboxylic acids is 4. The third-order valence-corrected chi connectivity index (χ3v) is 9.68. The predicted octanol–water partition coefficient (Wildman–Crippen LogP) is 6.24. The molecule has 1 radical (unpaired) electrons. The first kappa shape index (κ1) is 53.2. The Labute approximate surface area is 409 Å². The van der Waals surface area contributed by atoms with Gasteiger partial charge in [0.25, 0.3) is 23.9 Å². The van der Waals surface area contributed by atoms with E-state index in [0.29, 0.717) is 0 Å². The Hall–Kier alpha value is -8.40. The summed E-state index contributed by atoms with van der Waals surface area (Å²) in [5.74, 6) is -3.33. The maximum absolute atomic E-state index is 9.00. The molecule has 0 aromatic carbocycles. The fourth-order valence-electron chi connectivity index (χ4n) is 6.94. The second-order valence-corrected chi connectivity index (χ2v) is 15.4. The first-order valence-electron chi connectivity index (χ1n) is 21.0. The van der Waals surface area contributed by atoms with Gasteiger partial charge in [0.05, 0.1) is 22.8 Å². The molecule has 9 rings (SSSR count). The van der Waals surface area contributed by atoms with Crippen molar-refractivity contribution < 1.29 is 74.9 Å². The van der Waals surface area contributed by atoms with Gasteiger partial charge in [-0.3, -0.25) is 19.2 Å². The van der Waals surface area contributed by atoms with Crippen LogP contribution in [0.1, 0.15) is 50.5 Å². The third kappa shape index (κ3) is 14.8. The number of carboxylic acid groups (broad SMARTS) is 4. The van der Waals surface area contributed by atoms with Gasteiger partial charge in [-0.25, -0.2) is 28.2 Å². The SMILES string of the molecule is CC(=O)O.CC(=O)O.CC(=O)O.CC(=O)O.C[n+]1ccc(-c2c3nc(c(-c4cc[n+](C)cc4)c4ccc([n-]4)c(-c4cc[n+](C)cc4)c4nc(c(-c5cc[n+](C)cc5)c5ccc2[n-]5)C=C4)C=C3)cc1.[Cu+2]. The minimum Gasteiger partial charge on any atom is -0.657 e. The minimum absolute atomic E-state index is 0. The number of fused-ring (bicyclic) bond motifs is 8. The van der Waals surface area contributed by atoms with Gasteiger partial charge in [-0.15, -0.1) is 22.1 Å². The van der Waals surface area contributed by atoms with Crippen molar-refractivity contribution in [1.82, 2.24) is 19.9 Å². The van der Waals surface area contributed by atoms with Crippen molar-refractivity contribution in [3.63, 3.8) is 0 Å². The minimum atomic E-state index is -0.833. The molecule has 0 aliphatic carbocycles. The molecular weight excluding hydrogens is 928 g/mol. The molecule has 16 nitrogen and oxygen atoms in total. The normalized spacial score (nSPS) is 10.6. The van der Waals surface area contributed by atoms with E-state index < -0.39 is 23.9 Å². The van der Waals surface area contributed by atoms with Gasteiger partial charge in [0.15, 0.2) is 49.6 Å². The number of nitrogens with zero attached hydrogens (tertiary/aromatic N) is 8. The molecule has 0 saturated carbocycles. The first-order valence-corrected chi connectivity index (χ1v) is 21.0. The van der Waals surface area contributed by atoms with Crippen LogP contribution < -0.4 is 28.2 Å². The van der Waals surface area contributed by atoms with Crippen molar-refractivity contribution in [2.75, 3.05) is 0 Å². The van der Waals surface area contributed by atoms with E-state index >= 15 is 0 Å². The average Bonchev–Trinajstić information content (AvgIpc) is 4.11. The summed E-state index contributed by atoms with van der Waals surface area (Å²) in [6, 6.07) is 25.4. The Bertz CT molecular complexity index is 2760. The summed E-state index contributed by atoms with van der Waals surface area (Å²) in [6.45, 7) is 4.33. The molecule has 8 bridgehead atoms. The van der Waals surface area contributed by atoms with Crippen LogP contribution in [0, 0.1) is 0 Å². The fraction of sp³-hybridized carbons (Fsp3) is 0.154. The van der Waals surface area contributed by atoms with Crippen LogP contribution in [-0.4, -0.2) is 54.3 Å². The zero-order chi connectivity index (χ0) is 49.7. The molecule has 7 aromatic heterocycles. The summed E-state index contributed by atoms with van der Waals surface area (Å²) >= 11 is 0. The molecule has 7 aromatic rings. The summed E-state index contributed by atoms with van der Waals surface area (Å²) in [5, 5.41) is 29.7. The van der Waals surface area contributed by atoms with Crippen molar-refractivity contribution in [1.29, 1.82) is 0 Å². The number of aromatic nitrogens is 8. The van der Waals surface area contributed by atoms with Crippen LogP contribution >= 0.6 is 0 Å². The number of hydrogen-bond donors (Lipinski definition) is 4. The molecule has 9 heterocycles. The predicted molar refractivity (Wildman–Crippen MR) is 256 cm³/mol. The number of carboxylic acids is 4. The molecule has 2 aliphatic rings. The zero-order valence-electron chi connectivity index (χ0n) is 39.2. The van der Waals surface area contributed by atoms with Gasteiger partial charge in [0, 0.05) is 76.2 Å². The van der Waals surface area contributed by atoms with E-state index in [1.165, 1.54) is 0 Å². The Morgan fingerprint density at radius 1 is 0.362 bits per heavy atom. The fourth-order valence-corrected chi connectivity index (χ4v) is 6.94. The maximum atomic E-state index is 9.00. The van der Waals surface area contributed by atoms with Gasteiger partial charge in [0.2, 0.25) is 0 Å². The Morgan fingerprint density at radius 2 is 0.522 bits per heavy atom. The quantitative estimate of drug-likeness (QED) is 0.114. The Balaban J connectivity index is 0.000000535. The second-order valence-electron chi connectivity index (χ2n) is 15.4. The molecule has 2 aliphatic heterocycles. The Kier molecular flexibility index (Phi) is 18.8. The van der Waals surface area contributed by atoms with Crippen molar-refractivity contribution in [2.45, 2.75) is 27.7 Å². The van der Waals surface area contributed by atoms with Crippen LogP contribution in [-0.2, 0) is 64.4 Å². The molecule has 0 saturated heterocycles. The van der Waals surface area contributed by atoms with Gasteiger partial charge in [0.1, 0.15) is 28.2 Å². The van der Waals surface area contributed by atoms with Crippen molar-refractivity contribution in [3.05, 3.63) is 145 Å². The van der Waals surface area contributed by atoms with E-state index in [1.54, 1.807) is 0 Å². The van der Waals surface area contributed by atoms with Crippen LogP contribution in [0.3, 0.4) is 0 Å². The van der Waals surface area contributed by atoms with E-state index in [2.05, 4.69) is 147 Å². The number of aryl methyl sites for hydroxylation is 4. The monoisotopic (exact) mass is 979 g/mol. The van der Waals surface area contributed by atoms with E-state index in [4.69, 9.17) is 59.5 Å². The summed E-state index contributed by atoms with van der Waals surface area (Å²) in [4.78, 5) is 57.4. The topological polar surface area (TPSA) is 219 Å². The molecule has 0 fully saturated rings.